The first-order chi connectivity index (χ1) is 14.0. The van der Waals surface area contributed by atoms with Gasteiger partial charge in [-0.25, -0.2) is 9.59 Å². The standard InChI is InChI=1S/C21H27NO6S/c1-5-14-9-11-22-15(13-14)17(20(24)27-7-3)19(18(22)21(25)28-8-4)29-12-10-16(23)26-6-2/h9,11,13H,5-8,10,12H2,1-4H3. The zero-order chi connectivity index (χ0) is 21.4. The summed E-state index contributed by atoms with van der Waals surface area (Å²) < 4.78 is 17.1. The highest BCUT2D eigenvalue weighted by Gasteiger charge is 2.29. The van der Waals surface area contributed by atoms with Gasteiger partial charge >= 0.3 is 17.9 Å². The van der Waals surface area contributed by atoms with Crippen molar-refractivity contribution >= 4 is 35.2 Å². The molecule has 0 unspecified atom stereocenters. The number of aromatic nitrogens is 1. The van der Waals surface area contributed by atoms with Crippen molar-refractivity contribution in [3.8, 4) is 0 Å². The summed E-state index contributed by atoms with van der Waals surface area (Å²) in [5.41, 5.74) is 2.20. The summed E-state index contributed by atoms with van der Waals surface area (Å²) in [5, 5.41) is 0. The Kier molecular flexibility index (Phi) is 8.57. The monoisotopic (exact) mass is 421 g/mol. The lowest BCUT2D eigenvalue weighted by atomic mass is 10.1. The Morgan fingerprint density at radius 2 is 1.62 bits per heavy atom. The highest BCUT2D eigenvalue weighted by atomic mass is 32.2. The number of carbonyl (C=O) groups is 3. The van der Waals surface area contributed by atoms with Gasteiger partial charge < -0.3 is 18.6 Å². The highest BCUT2D eigenvalue weighted by molar-refractivity contribution is 7.99. The first-order valence-electron chi connectivity index (χ1n) is 9.77. The summed E-state index contributed by atoms with van der Waals surface area (Å²) in [4.78, 5) is 37.7. The highest BCUT2D eigenvalue weighted by Crippen LogP contribution is 2.35. The second-order valence-corrected chi connectivity index (χ2v) is 7.15. The predicted molar refractivity (Wildman–Crippen MR) is 111 cm³/mol. The van der Waals surface area contributed by atoms with E-state index < -0.39 is 11.9 Å². The van der Waals surface area contributed by atoms with Crippen molar-refractivity contribution in [1.82, 2.24) is 4.40 Å². The molecule has 0 saturated carbocycles. The van der Waals surface area contributed by atoms with Gasteiger partial charge in [0.2, 0.25) is 0 Å². The van der Waals surface area contributed by atoms with Gasteiger partial charge in [-0.2, -0.15) is 0 Å². The largest absolute Gasteiger partial charge is 0.466 e. The van der Waals surface area contributed by atoms with Crippen LogP contribution in [0.5, 0.6) is 0 Å². The molecule has 29 heavy (non-hydrogen) atoms. The predicted octanol–water partition coefficient (Wildman–Crippen LogP) is 3.90. The second-order valence-electron chi connectivity index (χ2n) is 6.04. The van der Waals surface area contributed by atoms with Gasteiger partial charge in [0, 0.05) is 11.9 Å². The van der Waals surface area contributed by atoms with E-state index in [1.165, 1.54) is 11.8 Å². The van der Waals surface area contributed by atoms with Crippen LogP contribution >= 0.6 is 11.8 Å². The van der Waals surface area contributed by atoms with Crippen molar-refractivity contribution in [3.05, 3.63) is 35.2 Å². The van der Waals surface area contributed by atoms with Gasteiger partial charge in [-0.15, -0.1) is 11.8 Å². The van der Waals surface area contributed by atoms with Crippen molar-refractivity contribution in [2.45, 2.75) is 45.4 Å². The molecule has 2 aromatic rings. The van der Waals surface area contributed by atoms with Crippen molar-refractivity contribution < 1.29 is 28.6 Å². The first kappa shape index (κ1) is 22.8. The van der Waals surface area contributed by atoms with Crippen LogP contribution in [-0.4, -0.2) is 47.9 Å². The zero-order valence-corrected chi connectivity index (χ0v) is 18.1. The van der Waals surface area contributed by atoms with E-state index in [0.29, 0.717) is 28.3 Å². The third-order valence-electron chi connectivity index (χ3n) is 4.17. The summed E-state index contributed by atoms with van der Waals surface area (Å²) >= 11 is 1.25. The number of nitrogens with zero attached hydrogens (tertiary/aromatic N) is 1. The van der Waals surface area contributed by atoms with Gasteiger partial charge in [0.25, 0.3) is 0 Å². The molecule has 0 fully saturated rings. The molecule has 8 heteroatoms. The number of ether oxygens (including phenoxy) is 3. The molecule has 0 aliphatic heterocycles. The molecule has 0 radical (unpaired) electrons. The number of hydrogen-bond acceptors (Lipinski definition) is 7. The van der Waals surface area contributed by atoms with E-state index in [4.69, 9.17) is 14.2 Å². The maximum Gasteiger partial charge on any atom is 0.356 e. The molecule has 0 spiro atoms. The molecular weight excluding hydrogens is 394 g/mol. The van der Waals surface area contributed by atoms with Gasteiger partial charge in [0.1, 0.15) is 5.69 Å². The minimum atomic E-state index is -0.527. The molecule has 0 aliphatic rings. The van der Waals surface area contributed by atoms with Gasteiger partial charge in [0.15, 0.2) is 0 Å². The SMILES string of the molecule is CCOC(=O)CCSc1c(C(=O)OCC)c2cc(CC)ccn2c1C(=O)OCC. The fraction of sp³-hybridized carbons (Fsp3) is 0.476. The quantitative estimate of drug-likeness (QED) is 0.327. The molecule has 0 aromatic carbocycles. The Bertz CT molecular complexity index is 889. The van der Waals surface area contributed by atoms with Crippen LogP contribution in [0.15, 0.2) is 23.2 Å². The Morgan fingerprint density at radius 1 is 0.966 bits per heavy atom. The Labute approximate surface area is 174 Å². The van der Waals surface area contributed by atoms with Crippen molar-refractivity contribution in [3.63, 3.8) is 0 Å². The van der Waals surface area contributed by atoms with Crippen LogP contribution < -0.4 is 0 Å². The molecule has 158 valence electrons. The molecule has 0 saturated heterocycles. The van der Waals surface area contributed by atoms with E-state index in [9.17, 15) is 14.4 Å². The minimum Gasteiger partial charge on any atom is -0.466 e. The van der Waals surface area contributed by atoms with Gasteiger partial charge in [-0.3, -0.25) is 4.79 Å². The lowest BCUT2D eigenvalue weighted by Gasteiger charge is -2.07. The molecule has 7 nitrogen and oxygen atoms in total. The van der Waals surface area contributed by atoms with Crippen molar-refractivity contribution in [2.75, 3.05) is 25.6 Å². The molecule has 2 heterocycles. The third-order valence-corrected chi connectivity index (χ3v) is 5.27. The normalized spacial score (nSPS) is 10.8. The van der Waals surface area contributed by atoms with Gasteiger partial charge in [0.05, 0.1) is 42.2 Å². The molecule has 0 aliphatic carbocycles. The summed E-state index contributed by atoms with van der Waals surface area (Å²) in [6.45, 7) is 7.94. The summed E-state index contributed by atoms with van der Waals surface area (Å²) in [6.07, 6.45) is 2.71. The van der Waals surface area contributed by atoms with Gasteiger partial charge in [-0.1, -0.05) is 6.92 Å². The van der Waals surface area contributed by atoms with E-state index in [2.05, 4.69) is 0 Å². The molecule has 0 atom stereocenters. The van der Waals surface area contributed by atoms with Crippen LogP contribution in [0.3, 0.4) is 0 Å². The Balaban J connectivity index is 2.59. The molecule has 2 rings (SSSR count). The van der Waals surface area contributed by atoms with E-state index in [0.717, 1.165) is 12.0 Å². The number of pyridine rings is 1. The lowest BCUT2D eigenvalue weighted by Crippen LogP contribution is -2.10. The van der Waals surface area contributed by atoms with E-state index in [1.807, 2.05) is 19.1 Å². The molecule has 0 amide bonds. The number of rotatable bonds is 10. The van der Waals surface area contributed by atoms with Crippen LogP contribution in [0.25, 0.3) is 5.52 Å². The fourth-order valence-corrected chi connectivity index (χ4v) is 4.02. The number of aryl methyl sites for hydroxylation is 1. The number of thioether (sulfide) groups is 1. The fourth-order valence-electron chi connectivity index (χ4n) is 2.90. The smallest absolute Gasteiger partial charge is 0.356 e. The Hall–Kier alpha value is -2.48. The van der Waals surface area contributed by atoms with E-state index >= 15 is 0 Å². The maximum atomic E-state index is 12.8. The summed E-state index contributed by atoms with van der Waals surface area (Å²) in [7, 11) is 0. The average Bonchev–Trinajstić information content (AvgIpc) is 3.01. The molecule has 2 aromatic heterocycles. The lowest BCUT2D eigenvalue weighted by molar-refractivity contribution is -0.142. The van der Waals surface area contributed by atoms with Crippen molar-refractivity contribution in [1.29, 1.82) is 0 Å². The van der Waals surface area contributed by atoms with Crippen LogP contribution in [0.2, 0.25) is 0 Å². The number of carbonyl (C=O) groups excluding carboxylic acids is 3. The molecule has 0 N–H and O–H groups in total. The number of fused-ring (bicyclic) bond motifs is 1. The van der Waals surface area contributed by atoms with Crippen molar-refractivity contribution in [2.24, 2.45) is 0 Å². The average molecular weight is 422 g/mol. The van der Waals surface area contributed by atoms with Crippen LogP contribution in [0, 0.1) is 0 Å². The number of esters is 3. The first-order valence-corrected chi connectivity index (χ1v) is 10.8. The third kappa shape index (κ3) is 5.32. The van der Waals surface area contributed by atoms with Gasteiger partial charge in [-0.05, 0) is 44.9 Å². The zero-order valence-electron chi connectivity index (χ0n) is 17.3. The summed E-state index contributed by atoms with van der Waals surface area (Å²) in [6, 6.07) is 3.78. The van der Waals surface area contributed by atoms with E-state index in [-0.39, 0.29) is 31.3 Å². The minimum absolute atomic E-state index is 0.162. The second kappa shape index (κ2) is 10.9. The Morgan fingerprint density at radius 3 is 2.24 bits per heavy atom. The molecule has 0 bridgehead atoms. The van der Waals surface area contributed by atoms with Crippen LogP contribution in [-0.2, 0) is 25.4 Å². The summed E-state index contributed by atoms with van der Waals surface area (Å²) in [5.74, 6) is -1.00. The maximum absolute atomic E-state index is 12.8. The number of hydrogen-bond donors (Lipinski definition) is 0. The van der Waals surface area contributed by atoms with Crippen LogP contribution in [0.4, 0.5) is 0 Å². The van der Waals surface area contributed by atoms with E-state index in [1.54, 1.807) is 31.4 Å². The topological polar surface area (TPSA) is 83.3 Å². The van der Waals surface area contributed by atoms with Crippen LogP contribution in [0.1, 0.15) is 60.5 Å². The molecular formula is C21H27NO6S.